The quantitative estimate of drug-likeness (QED) is 0.0339. The van der Waals surface area contributed by atoms with E-state index in [9.17, 15) is 13.2 Å². The molecular weight excluding hydrogens is 1460 g/mol. The Morgan fingerprint density at radius 2 is 0.661 bits per heavy atom. The first-order valence-electron chi connectivity index (χ1n) is 34.0. The smallest absolute Gasteiger partial charge is 0.308 e. The van der Waals surface area contributed by atoms with Gasteiger partial charge in [-0.15, -0.1) is 0 Å². The molecule has 0 saturated heterocycles. The highest BCUT2D eigenvalue weighted by Crippen LogP contribution is 2.26. The van der Waals surface area contributed by atoms with Crippen molar-refractivity contribution in [2.45, 2.75) is 24.5 Å². The molecule has 0 aliphatic heterocycles. The van der Waals surface area contributed by atoms with Gasteiger partial charge in [0, 0.05) is 50.8 Å². The Balaban J connectivity index is 0.000000128. The molecule has 26 nitrogen and oxygen atoms in total. The van der Waals surface area contributed by atoms with Crippen LogP contribution in [0.25, 0.3) is 67.4 Å². The summed E-state index contributed by atoms with van der Waals surface area (Å²) in [4.78, 5) is 39.9. The average Bonchev–Trinajstić information content (AvgIpc) is 1.72. The summed E-state index contributed by atoms with van der Waals surface area (Å²) in [6.45, 7) is 2.04. The van der Waals surface area contributed by atoms with Gasteiger partial charge >= 0.3 is 5.91 Å². The summed E-state index contributed by atoms with van der Waals surface area (Å²) in [7, 11) is -3.75. The minimum Gasteiger partial charge on any atom is -0.368 e. The number of benzene rings is 9. The number of nitrogen functional groups attached to an aromatic ring is 5. The topological polar surface area (TPSA) is 369 Å². The molecule has 109 heavy (non-hydrogen) atoms. The van der Waals surface area contributed by atoms with Crippen molar-refractivity contribution >= 4 is 61.6 Å². The van der Waals surface area contributed by atoms with Gasteiger partial charge in [-0.1, -0.05) is 258 Å². The number of carbonyl (C=O) groups excluding carboxylic acids is 1. The first-order valence-corrected chi connectivity index (χ1v) is 36.2. The highest BCUT2D eigenvalue weighted by molar-refractivity contribution is 9.10. The summed E-state index contributed by atoms with van der Waals surface area (Å²) in [5, 5.41) is 3.47. The maximum Gasteiger partial charge on any atom is 0.308 e. The second-order valence-corrected chi connectivity index (χ2v) is 26.5. The molecule has 0 atom stereocenters. The van der Waals surface area contributed by atoms with Crippen LogP contribution < -0.4 is 55.2 Å². The van der Waals surface area contributed by atoms with Crippen LogP contribution >= 0.6 is 15.9 Å². The van der Waals surface area contributed by atoms with Gasteiger partial charge in [0.25, 0.3) is 10.0 Å². The molecule has 16 rings (SSSR count). The van der Waals surface area contributed by atoms with E-state index >= 15 is 0 Å². The Morgan fingerprint density at radius 3 is 1.04 bits per heavy atom. The molecule has 0 fully saturated rings. The third-order valence-electron chi connectivity index (χ3n) is 16.3. The summed E-state index contributed by atoms with van der Waals surface area (Å²) in [6.07, 6.45) is 13.8. The molecule has 7 aromatic heterocycles. The lowest BCUT2D eigenvalue weighted by Crippen LogP contribution is -2.23. The number of carbonyl (C=O) groups is 1. The van der Waals surface area contributed by atoms with Gasteiger partial charge in [0.2, 0.25) is 35.5 Å². The zero-order valence-corrected chi connectivity index (χ0v) is 60.9. The summed E-state index contributed by atoms with van der Waals surface area (Å²) in [5.74, 6) is 1.23. The number of sulfonamides is 1. The molecule has 0 spiro atoms. The van der Waals surface area contributed by atoms with Crippen molar-refractivity contribution < 1.29 is 17.7 Å². The van der Waals surface area contributed by atoms with E-state index in [-0.39, 0.29) is 22.6 Å². The number of hydrogen-bond donors (Lipinski definition) is 10. The van der Waals surface area contributed by atoms with E-state index in [0.29, 0.717) is 48.9 Å². The monoisotopic (exact) mass is 1530 g/mol. The second kappa shape index (κ2) is 36.3. The van der Waals surface area contributed by atoms with Crippen molar-refractivity contribution in [3.8, 4) is 67.4 Å². The SMILES string of the molecule is Nc1nc(-c2ccccc2)cn1NC(=O)c1ccno1.Nc1nc(-c2ccccc2)cn1NCc1ccc(-c2ccccc2)cc1.Nc1nc(-c2ccccc2)cn1NCc1ccccc1.Nc1nc(-c2ccccc2)cn1NCc1ccncc1.Nc1nc(-c2ccccc2)cn1NS(=O)(=O)c1ccc(Br)cc1. The number of halogens is 1. The normalized spacial score (nSPS) is 10.7. The van der Waals surface area contributed by atoms with Crippen LogP contribution in [0.5, 0.6) is 0 Å². The summed E-state index contributed by atoms with van der Waals surface area (Å²) in [5.41, 5.74) is 56.5. The van der Waals surface area contributed by atoms with Crippen LogP contribution in [0.4, 0.5) is 29.7 Å². The lowest BCUT2D eigenvalue weighted by molar-refractivity contribution is 0.0973. The number of nitrogens with zero attached hydrogens (tertiary/aromatic N) is 12. The van der Waals surface area contributed by atoms with Gasteiger partial charge < -0.3 is 49.5 Å². The molecule has 0 radical (unpaired) electrons. The van der Waals surface area contributed by atoms with Crippen LogP contribution in [0.3, 0.4) is 0 Å². The van der Waals surface area contributed by atoms with Gasteiger partial charge in [0.15, 0.2) is 0 Å². The number of hydrogen-bond acceptors (Lipinski definition) is 19. The van der Waals surface area contributed by atoms with Gasteiger partial charge in [-0.3, -0.25) is 15.2 Å². The van der Waals surface area contributed by atoms with Crippen LogP contribution in [0.1, 0.15) is 27.2 Å². The lowest BCUT2D eigenvalue weighted by Gasteiger charge is -2.09. The van der Waals surface area contributed by atoms with E-state index in [1.807, 2.05) is 207 Å². The van der Waals surface area contributed by atoms with E-state index in [0.717, 1.165) is 54.9 Å². The van der Waals surface area contributed by atoms with Crippen LogP contribution in [-0.4, -0.2) is 72.8 Å². The van der Waals surface area contributed by atoms with E-state index in [1.54, 1.807) is 50.9 Å². The van der Waals surface area contributed by atoms with Gasteiger partial charge in [-0.2, -0.15) is 8.42 Å². The van der Waals surface area contributed by atoms with E-state index in [4.69, 9.17) is 33.2 Å². The molecule has 9 aromatic carbocycles. The third-order valence-corrected chi connectivity index (χ3v) is 18.1. The van der Waals surface area contributed by atoms with E-state index in [2.05, 4.69) is 138 Å². The van der Waals surface area contributed by atoms with Crippen LogP contribution in [-0.2, 0) is 29.7 Å². The summed E-state index contributed by atoms with van der Waals surface area (Å²) >= 11 is 3.27. The predicted molar refractivity (Wildman–Crippen MR) is 433 cm³/mol. The van der Waals surface area contributed by atoms with Crippen LogP contribution in [0, 0.1) is 0 Å². The minimum absolute atomic E-state index is 0.0598. The molecule has 15 N–H and O–H groups in total. The Hall–Kier alpha value is -14.5. The van der Waals surface area contributed by atoms with Crippen LogP contribution in [0.15, 0.2) is 343 Å². The van der Waals surface area contributed by atoms with E-state index in [1.165, 1.54) is 56.0 Å². The minimum atomic E-state index is -3.75. The predicted octanol–water partition coefficient (Wildman–Crippen LogP) is 14.0. The van der Waals surface area contributed by atoms with E-state index < -0.39 is 15.9 Å². The van der Waals surface area contributed by atoms with Crippen molar-refractivity contribution in [1.29, 1.82) is 0 Å². The number of nitrogens with one attached hydrogen (secondary N) is 5. The molecule has 0 aliphatic rings. The molecule has 0 bridgehead atoms. The fourth-order valence-corrected chi connectivity index (χ4v) is 11.9. The highest BCUT2D eigenvalue weighted by Gasteiger charge is 2.18. The van der Waals surface area contributed by atoms with Crippen molar-refractivity contribution in [2.75, 3.05) is 55.2 Å². The van der Waals surface area contributed by atoms with Gasteiger partial charge in [0.05, 0.1) is 90.2 Å². The van der Waals surface area contributed by atoms with Gasteiger partial charge in [-0.05, 0) is 64.2 Å². The number of nitrogens with two attached hydrogens (primary N) is 5. The highest BCUT2D eigenvalue weighted by atomic mass is 79.9. The number of aromatic nitrogens is 12. The van der Waals surface area contributed by atoms with Crippen LogP contribution in [0.2, 0.25) is 0 Å². The molecule has 1 amide bonds. The Bertz CT molecular complexity index is 5470. The van der Waals surface area contributed by atoms with Gasteiger partial charge in [0.1, 0.15) is 0 Å². The number of amides is 1. The maximum atomic E-state index is 12.4. The molecule has 16 aromatic rings. The maximum absolute atomic E-state index is 12.4. The molecule has 0 unspecified atom stereocenters. The van der Waals surface area contributed by atoms with Crippen molar-refractivity contribution in [3.63, 3.8) is 0 Å². The molecule has 0 aliphatic carbocycles. The molecule has 7 heterocycles. The Kier molecular flexibility index (Phi) is 24.7. The van der Waals surface area contributed by atoms with Crippen molar-refractivity contribution in [3.05, 3.63) is 356 Å². The number of imidazole rings is 5. The molecule has 546 valence electrons. The summed E-state index contributed by atoms with van der Waals surface area (Å²) in [6, 6.07) is 89.6. The average molecular weight is 1530 g/mol. The number of rotatable bonds is 20. The Morgan fingerprint density at radius 1 is 0.349 bits per heavy atom. The van der Waals surface area contributed by atoms with Crippen molar-refractivity contribution in [2.24, 2.45) is 0 Å². The molecule has 28 heteroatoms. The third kappa shape index (κ3) is 20.7. The first-order chi connectivity index (χ1) is 53.1. The lowest BCUT2D eigenvalue weighted by atomic mass is 10.0. The summed E-state index contributed by atoms with van der Waals surface area (Å²) < 4.78 is 38.1. The molecule has 0 saturated carbocycles. The fourth-order valence-electron chi connectivity index (χ4n) is 10.6. The fraction of sp³-hybridized carbons (Fsp3) is 0.0370. The zero-order chi connectivity index (χ0) is 75.7. The zero-order valence-electron chi connectivity index (χ0n) is 58.5. The number of pyridine rings is 1. The van der Waals surface area contributed by atoms with Crippen molar-refractivity contribution in [1.82, 2.24) is 58.4 Å². The van der Waals surface area contributed by atoms with Gasteiger partial charge in [-0.25, -0.2) is 53.1 Å². The largest absolute Gasteiger partial charge is 0.368 e. The number of anilines is 5. The second-order valence-electron chi connectivity index (χ2n) is 23.9. The first kappa shape index (κ1) is 74.2. The standard InChI is InChI=1S/C22H20N4.C16H16N4.C15H13BrN4O2S.C15H15N5.C13H11N5O2/c23-22-25-21(20-9-5-2-6-10-20)16-26(22)24-15-17-11-13-19(14-12-17)18-7-3-1-4-8-18;17-16-19-15(14-9-5-2-6-10-14)12-20(16)18-11-13-7-3-1-4-8-13;16-12-6-8-13(9-7-12)23(21,22)19-20-10-14(18-15(20)17)11-4-2-1-3-5-11;16-15-19-14(13-4-2-1-3-5-13)11-20(15)18-10-12-6-8-17-9-7-12;14-13-16-10(9-4-2-1-3-5-9)8-18(13)17-12(19)11-6-7-15-20-11/h1-14,16,24H,15H2,(H2,23,25);1-10,12,18H,11H2,(H2,17,19);1-10,19H,(H2,17,18);1-9,11,18H,10H2,(H2,16,19);1-8H,(H2,14,16)(H,17,19). The molecular formula is C81H75BrN22O4S. The Labute approximate surface area is 636 Å².